The molecule has 0 bridgehead atoms. The Labute approximate surface area is 132 Å². The first-order chi connectivity index (χ1) is 10.2. The van der Waals surface area contributed by atoms with Gasteiger partial charge in [0.25, 0.3) is 4.84 Å². The maximum absolute atomic E-state index is 5.59. The highest BCUT2D eigenvalue weighted by molar-refractivity contribution is 7.71. The molecule has 0 saturated heterocycles. The molecule has 0 radical (unpaired) electrons. The van der Waals surface area contributed by atoms with Crippen molar-refractivity contribution in [2.45, 2.75) is 13.2 Å². The standard InChI is InChI=1S/C15H15N3OS2/c1-17(9-12-7-8-21-10-12)11-18-15(20)19-14(16-18)13-5-3-2-4-6-13/h2-8,10H,9,11H2,1H3/p+1. The van der Waals surface area contributed by atoms with Crippen molar-refractivity contribution in [2.24, 2.45) is 0 Å². The van der Waals surface area contributed by atoms with Crippen molar-refractivity contribution in [1.82, 2.24) is 9.78 Å². The van der Waals surface area contributed by atoms with E-state index >= 15 is 0 Å². The normalized spacial score (nSPS) is 12.4. The van der Waals surface area contributed by atoms with Gasteiger partial charge >= 0.3 is 0 Å². The van der Waals surface area contributed by atoms with E-state index in [-0.39, 0.29) is 0 Å². The summed E-state index contributed by atoms with van der Waals surface area (Å²) in [5, 5.41) is 8.74. The lowest BCUT2D eigenvalue weighted by atomic mass is 10.2. The summed E-state index contributed by atoms with van der Waals surface area (Å²) in [6.07, 6.45) is 0. The number of thiophene rings is 1. The molecule has 3 aromatic rings. The smallest absolute Gasteiger partial charge is 0.292 e. The first-order valence-corrected chi connectivity index (χ1v) is 8.03. The monoisotopic (exact) mass is 318 g/mol. The highest BCUT2D eigenvalue weighted by Crippen LogP contribution is 2.16. The summed E-state index contributed by atoms with van der Waals surface area (Å²) in [5.74, 6) is 0.573. The third kappa shape index (κ3) is 3.47. The van der Waals surface area contributed by atoms with Crippen LogP contribution in [-0.4, -0.2) is 16.8 Å². The highest BCUT2D eigenvalue weighted by Gasteiger charge is 2.11. The van der Waals surface area contributed by atoms with Crippen molar-refractivity contribution >= 4 is 23.6 Å². The summed E-state index contributed by atoms with van der Waals surface area (Å²) in [6.45, 7) is 1.63. The van der Waals surface area contributed by atoms with Crippen LogP contribution in [0, 0.1) is 4.84 Å². The molecule has 0 aliphatic rings. The summed E-state index contributed by atoms with van der Waals surface area (Å²) in [5.41, 5.74) is 2.27. The van der Waals surface area contributed by atoms with Gasteiger partial charge in [-0.3, -0.25) is 0 Å². The molecule has 0 spiro atoms. The summed E-state index contributed by atoms with van der Waals surface area (Å²) >= 11 is 6.98. The molecule has 6 heteroatoms. The molecule has 0 aliphatic carbocycles. The maximum atomic E-state index is 5.59. The number of nitrogens with zero attached hydrogens (tertiary/aromatic N) is 2. The van der Waals surface area contributed by atoms with Crippen LogP contribution in [0.2, 0.25) is 0 Å². The van der Waals surface area contributed by atoms with E-state index in [9.17, 15) is 0 Å². The molecular formula is C15H16N3OS2+. The Bertz CT molecular complexity index is 747. The Morgan fingerprint density at radius 1 is 1.29 bits per heavy atom. The van der Waals surface area contributed by atoms with Gasteiger partial charge < -0.3 is 9.32 Å². The van der Waals surface area contributed by atoms with Gasteiger partial charge in [0.2, 0.25) is 5.89 Å². The molecule has 1 atom stereocenters. The predicted molar refractivity (Wildman–Crippen MR) is 85.7 cm³/mol. The van der Waals surface area contributed by atoms with Crippen molar-refractivity contribution in [1.29, 1.82) is 0 Å². The van der Waals surface area contributed by atoms with Crippen LogP contribution >= 0.6 is 23.6 Å². The fraction of sp³-hybridized carbons (Fsp3) is 0.200. The minimum Gasteiger partial charge on any atom is -0.409 e. The maximum Gasteiger partial charge on any atom is 0.292 e. The number of aromatic nitrogens is 2. The van der Waals surface area contributed by atoms with Gasteiger partial charge in [-0.25, -0.2) is 0 Å². The van der Waals surface area contributed by atoms with Crippen molar-refractivity contribution in [3.63, 3.8) is 0 Å². The molecule has 4 nitrogen and oxygen atoms in total. The van der Waals surface area contributed by atoms with Crippen LogP contribution in [0.4, 0.5) is 0 Å². The van der Waals surface area contributed by atoms with Crippen LogP contribution in [0.1, 0.15) is 5.56 Å². The third-order valence-corrected chi connectivity index (χ3v) is 4.16. The fourth-order valence-electron chi connectivity index (χ4n) is 2.16. The first-order valence-electron chi connectivity index (χ1n) is 6.68. The Kier molecular flexibility index (Phi) is 4.28. The summed E-state index contributed by atoms with van der Waals surface area (Å²) < 4.78 is 7.34. The minimum absolute atomic E-state index is 0.415. The number of rotatable bonds is 5. The average molecular weight is 318 g/mol. The van der Waals surface area contributed by atoms with Crippen LogP contribution in [-0.2, 0) is 13.2 Å². The SMILES string of the molecule is C[NH+](Cc1ccsc1)Cn1nc(-c2ccccc2)oc1=S. The number of nitrogens with one attached hydrogen (secondary N) is 1. The zero-order chi connectivity index (χ0) is 14.7. The van der Waals surface area contributed by atoms with Gasteiger partial charge in [0, 0.05) is 11.1 Å². The van der Waals surface area contributed by atoms with Crippen LogP contribution in [0.25, 0.3) is 11.5 Å². The second kappa shape index (κ2) is 6.34. The Morgan fingerprint density at radius 2 is 2.10 bits per heavy atom. The summed E-state index contributed by atoms with van der Waals surface area (Å²) in [7, 11) is 2.12. The van der Waals surface area contributed by atoms with Crippen LogP contribution in [0.5, 0.6) is 0 Å². The van der Waals surface area contributed by atoms with Gasteiger partial charge in [-0.05, 0) is 41.2 Å². The zero-order valence-corrected chi connectivity index (χ0v) is 13.3. The van der Waals surface area contributed by atoms with Crippen molar-refractivity contribution < 1.29 is 9.32 Å². The Hall–Kier alpha value is -1.76. The molecule has 0 saturated carbocycles. The van der Waals surface area contributed by atoms with Gasteiger partial charge in [0.1, 0.15) is 6.54 Å². The molecule has 0 aliphatic heterocycles. The average Bonchev–Trinajstić information content (AvgIpc) is 3.11. The molecule has 21 heavy (non-hydrogen) atoms. The van der Waals surface area contributed by atoms with Gasteiger partial charge in [0.05, 0.1) is 7.05 Å². The lowest BCUT2D eigenvalue weighted by Gasteiger charge is -2.11. The van der Waals surface area contributed by atoms with E-state index in [1.54, 1.807) is 16.0 Å². The quantitative estimate of drug-likeness (QED) is 0.735. The molecule has 2 aromatic heterocycles. The second-order valence-electron chi connectivity index (χ2n) is 4.96. The fourth-order valence-corrected chi connectivity index (χ4v) is 3.01. The van der Waals surface area contributed by atoms with E-state index in [4.69, 9.17) is 16.6 Å². The predicted octanol–water partition coefficient (Wildman–Crippen LogP) is 2.61. The van der Waals surface area contributed by atoms with Crippen molar-refractivity contribution in [3.05, 3.63) is 57.6 Å². The minimum atomic E-state index is 0.415. The molecule has 0 fully saturated rings. The van der Waals surface area contributed by atoms with Crippen molar-refractivity contribution in [3.8, 4) is 11.5 Å². The van der Waals surface area contributed by atoms with Gasteiger partial charge in [-0.15, -0.1) is 5.10 Å². The molecule has 1 unspecified atom stereocenters. The largest absolute Gasteiger partial charge is 0.409 e. The topological polar surface area (TPSA) is 35.4 Å². The lowest BCUT2D eigenvalue weighted by Crippen LogP contribution is -3.06. The van der Waals surface area contributed by atoms with Crippen LogP contribution < -0.4 is 4.90 Å². The second-order valence-corrected chi connectivity index (χ2v) is 6.09. The van der Waals surface area contributed by atoms with E-state index < -0.39 is 0 Å². The number of benzene rings is 1. The summed E-state index contributed by atoms with van der Waals surface area (Å²) in [4.78, 5) is 1.72. The van der Waals surface area contributed by atoms with Gasteiger partial charge in [-0.1, -0.05) is 18.2 Å². The highest BCUT2D eigenvalue weighted by atomic mass is 32.1. The molecule has 1 N–H and O–H groups in total. The Morgan fingerprint density at radius 3 is 2.81 bits per heavy atom. The molecule has 2 heterocycles. The number of hydrogen-bond acceptors (Lipinski definition) is 4. The van der Waals surface area contributed by atoms with E-state index in [0.29, 0.717) is 17.4 Å². The van der Waals surface area contributed by atoms with E-state index in [2.05, 4.69) is 29.0 Å². The number of hydrogen-bond donors (Lipinski definition) is 1. The molecule has 0 amide bonds. The van der Waals surface area contributed by atoms with E-state index in [1.165, 1.54) is 10.5 Å². The van der Waals surface area contributed by atoms with Gasteiger partial charge in [-0.2, -0.15) is 16.0 Å². The Balaban J connectivity index is 1.74. The number of quaternary nitrogens is 1. The van der Waals surface area contributed by atoms with Gasteiger partial charge in [0.15, 0.2) is 6.67 Å². The van der Waals surface area contributed by atoms with E-state index in [0.717, 1.165) is 12.1 Å². The first kappa shape index (κ1) is 14.2. The molecule has 3 rings (SSSR count). The lowest BCUT2D eigenvalue weighted by molar-refractivity contribution is -0.917. The summed E-state index contributed by atoms with van der Waals surface area (Å²) in [6, 6.07) is 12.0. The van der Waals surface area contributed by atoms with Crippen LogP contribution in [0.15, 0.2) is 51.6 Å². The van der Waals surface area contributed by atoms with E-state index in [1.807, 2.05) is 30.3 Å². The molecule has 108 valence electrons. The van der Waals surface area contributed by atoms with Crippen molar-refractivity contribution in [2.75, 3.05) is 7.05 Å². The van der Waals surface area contributed by atoms with Crippen LogP contribution in [0.3, 0.4) is 0 Å². The zero-order valence-electron chi connectivity index (χ0n) is 11.7. The molecule has 1 aromatic carbocycles. The third-order valence-electron chi connectivity index (χ3n) is 3.13. The molecular weight excluding hydrogens is 302 g/mol.